The highest BCUT2D eigenvalue weighted by atomic mass is 16.7. The zero-order chi connectivity index (χ0) is 24.0. The third-order valence-electron chi connectivity index (χ3n) is 5.24. The molecule has 2 saturated heterocycles. The molecule has 2 fully saturated rings. The highest BCUT2D eigenvalue weighted by Crippen LogP contribution is 2.24. The van der Waals surface area contributed by atoms with Crippen LogP contribution in [-0.4, -0.2) is 105 Å². The van der Waals surface area contributed by atoms with E-state index in [2.05, 4.69) is 0 Å². The molecule has 11 nitrogen and oxygen atoms in total. The fraction of sp³-hybridized carbons (Fsp3) is 0.762. The monoisotopic (exact) mass is 462 g/mol. The molecular formula is C21H34O11. The molecule has 0 aromatic heterocycles. The maximum atomic E-state index is 12.2. The minimum absolute atomic E-state index is 0.280. The summed E-state index contributed by atoms with van der Waals surface area (Å²) in [5.74, 6) is -0.782. The SMILES string of the molecule is CC(C)=CCCC(C)=CC(=O)O[C@@H]1O[C@H](CO[C@@H]2OC[C@H](O)[C@H](O)[C@H]2O)[C@@H](O)[C@H](O)[C@H]1O. The molecular weight excluding hydrogens is 428 g/mol. The molecule has 2 heterocycles. The van der Waals surface area contributed by atoms with Crippen molar-refractivity contribution in [1.29, 1.82) is 0 Å². The maximum absolute atomic E-state index is 12.2. The zero-order valence-electron chi connectivity index (χ0n) is 18.4. The fourth-order valence-electron chi connectivity index (χ4n) is 3.28. The van der Waals surface area contributed by atoms with Crippen LogP contribution >= 0.6 is 0 Å². The molecule has 0 saturated carbocycles. The Kier molecular flexibility index (Phi) is 10.2. The predicted octanol–water partition coefficient (Wildman–Crippen LogP) is -1.51. The Balaban J connectivity index is 1.93. The molecule has 0 aromatic rings. The van der Waals surface area contributed by atoms with Crippen molar-refractivity contribution in [3.8, 4) is 0 Å². The molecule has 184 valence electrons. The molecule has 0 radical (unpaired) electrons. The molecule has 2 aliphatic rings. The lowest BCUT2D eigenvalue weighted by Crippen LogP contribution is -2.60. The lowest BCUT2D eigenvalue weighted by Gasteiger charge is -2.41. The van der Waals surface area contributed by atoms with Gasteiger partial charge in [-0.2, -0.15) is 0 Å². The van der Waals surface area contributed by atoms with Gasteiger partial charge in [-0.3, -0.25) is 0 Å². The number of aliphatic hydroxyl groups is 6. The van der Waals surface area contributed by atoms with Crippen LogP contribution < -0.4 is 0 Å². The average Bonchev–Trinajstić information content (AvgIpc) is 2.72. The number of rotatable bonds is 8. The summed E-state index contributed by atoms with van der Waals surface area (Å²) in [6, 6.07) is 0. The van der Waals surface area contributed by atoms with Gasteiger partial charge in [0.25, 0.3) is 0 Å². The van der Waals surface area contributed by atoms with E-state index in [0.29, 0.717) is 6.42 Å². The van der Waals surface area contributed by atoms with Crippen molar-refractivity contribution in [1.82, 2.24) is 0 Å². The van der Waals surface area contributed by atoms with Crippen LogP contribution in [0.1, 0.15) is 33.6 Å². The maximum Gasteiger partial charge on any atom is 0.333 e. The van der Waals surface area contributed by atoms with E-state index in [4.69, 9.17) is 18.9 Å². The lowest BCUT2D eigenvalue weighted by atomic mass is 9.99. The predicted molar refractivity (Wildman–Crippen MR) is 109 cm³/mol. The number of carbonyl (C=O) groups excluding carboxylic acids is 1. The van der Waals surface area contributed by atoms with E-state index in [1.54, 1.807) is 6.92 Å². The molecule has 9 atom stereocenters. The highest BCUT2D eigenvalue weighted by molar-refractivity contribution is 5.82. The van der Waals surface area contributed by atoms with Crippen LogP contribution in [0, 0.1) is 0 Å². The fourth-order valence-corrected chi connectivity index (χ4v) is 3.28. The molecule has 2 rings (SSSR count). The number of hydrogen-bond acceptors (Lipinski definition) is 11. The first kappa shape index (κ1) is 26.8. The Morgan fingerprint density at radius 1 is 0.938 bits per heavy atom. The summed E-state index contributed by atoms with van der Waals surface area (Å²) >= 11 is 0. The van der Waals surface area contributed by atoms with E-state index in [-0.39, 0.29) is 6.61 Å². The van der Waals surface area contributed by atoms with Crippen LogP contribution in [0.5, 0.6) is 0 Å². The van der Waals surface area contributed by atoms with Gasteiger partial charge in [0.1, 0.15) is 42.7 Å². The summed E-state index contributed by atoms with van der Waals surface area (Å²) in [4.78, 5) is 12.2. The smallest absolute Gasteiger partial charge is 0.333 e. The number of aliphatic hydroxyl groups excluding tert-OH is 6. The largest absolute Gasteiger partial charge is 0.430 e. The second-order valence-electron chi connectivity index (χ2n) is 8.35. The van der Waals surface area contributed by atoms with Gasteiger partial charge in [-0.25, -0.2) is 4.79 Å². The van der Waals surface area contributed by atoms with E-state index in [1.807, 2.05) is 19.9 Å². The molecule has 32 heavy (non-hydrogen) atoms. The van der Waals surface area contributed by atoms with E-state index in [1.165, 1.54) is 6.08 Å². The molecule has 2 aliphatic heterocycles. The van der Waals surface area contributed by atoms with Gasteiger partial charge in [-0.1, -0.05) is 17.2 Å². The van der Waals surface area contributed by atoms with Gasteiger partial charge >= 0.3 is 5.97 Å². The lowest BCUT2D eigenvalue weighted by molar-refractivity contribution is -0.314. The number of hydrogen-bond donors (Lipinski definition) is 6. The summed E-state index contributed by atoms with van der Waals surface area (Å²) in [6.07, 6.45) is -8.74. The Morgan fingerprint density at radius 2 is 1.59 bits per heavy atom. The van der Waals surface area contributed by atoms with Crippen LogP contribution in [-0.2, 0) is 23.7 Å². The Hall–Kier alpha value is -1.41. The van der Waals surface area contributed by atoms with E-state index >= 15 is 0 Å². The van der Waals surface area contributed by atoms with Gasteiger partial charge < -0.3 is 49.6 Å². The Bertz CT molecular complexity index is 675. The molecule has 0 bridgehead atoms. The van der Waals surface area contributed by atoms with Crippen molar-refractivity contribution in [2.45, 2.75) is 88.9 Å². The summed E-state index contributed by atoms with van der Waals surface area (Å²) in [6.45, 7) is 5.00. The summed E-state index contributed by atoms with van der Waals surface area (Å²) < 4.78 is 20.9. The van der Waals surface area contributed by atoms with Crippen LogP contribution in [0.4, 0.5) is 0 Å². The first-order chi connectivity index (χ1) is 15.0. The molecule has 0 unspecified atom stereocenters. The highest BCUT2D eigenvalue weighted by Gasteiger charge is 2.46. The Morgan fingerprint density at radius 3 is 2.25 bits per heavy atom. The third kappa shape index (κ3) is 7.30. The summed E-state index contributed by atoms with van der Waals surface area (Å²) in [7, 11) is 0. The van der Waals surface area contributed by atoms with E-state index in [0.717, 1.165) is 17.6 Å². The summed E-state index contributed by atoms with van der Waals surface area (Å²) in [5.41, 5.74) is 1.92. The first-order valence-corrected chi connectivity index (χ1v) is 10.5. The first-order valence-electron chi connectivity index (χ1n) is 10.5. The van der Waals surface area contributed by atoms with Crippen LogP contribution in [0.2, 0.25) is 0 Å². The van der Waals surface area contributed by atoms with Crippen molar-refractivity contribution >= 4 is 5.97 Å². The van der Waals surface area contributed by atoms with Crippen molar-refractivity contribution in [3.63, 3.8) is 0 Å². The van der Waals surface area contributed by atoms with Crippen molar-refractivity contribution in [2.75, 3.05) is 13.2 Å². The number of esters is 1. The molecule has 0 spiro atoms. The molecule has 6 N–H and O–H groups in total. The molecule has 0 aliphatic carbocycles. The summed E-state index contributed by atoms with van der Waals surface area (Å²) in [5, 5.41) is 59.5. The zero-order valence-corrected chi connectivity index (χ0v) is 18.4. The van der Waals surface area contributed by atoms with Gasteiger partial charge in [-0.05, 0) is 33.6 Å². The van der Waals surface area contributed by atoms with Gasteiger partial charge in [0, 0.05) is 6.08 Å². The average molecular weight is 462 g/mol. The minimum Gasteiger partial charge on any atom is -0.430 e. The second kappa shape index (κ2) is 12.2. The molecule has 0 aromatic carbocycles. The van der Waals surface area contributed by atoms with E-state index < -0.39 is 67.9 Å². The van der Waals surface area contributed by atoms with Crippen LogP contribution in [0.25, 0.3) is 0 Å². The number of ether oxygens (including phenoxy) is 4. The molecule has 11 heteroatoms. The van der Waals surface area contributed by atoms with Gasteiger partial charge in [0.15, 0.2) is 6.29 Å². The third-order valence-corrected chi connectivity index (χ3v) is 5.24. The van der Waals surface area contributed by atoms with E-state index in [9.17, 15) is 35.4 Å². The normalized spacial score (nSPS) is 38.3. The van der Waals surface area contributed by atoms with Crippen molar-refractivity contribution in [2.24, 2.45) is 0 Å². The van der Waals surface area contributed by atoms with Gasteiger partial charge in [0.05, 0.1) is 13.2 Å². The van der Waals surface area contributed by atoms with Gasteiger partial charge in [-0.15, -0.1) is 0 Å². The van der Waals surface area contributed by atoms with Gasteiger partial charge in [0.2, 0.25) is 6.29 Å². The van der Waals surface area contributed by atoms with Crippen molar-refractivity contribution in [3.05, 3.63) is 23.3 Å². The van der Waals surface area contributed by atoms with Crippen molar-refractivity contribution < 1.29 is 54.4 Å². The second-order valence-corrected chi connectivity index (χ2v) is 8.35. The number of allylic oxidation sites excluding steroid dienone is 3. The minimum atomic E-state index is -1.70. The number of carbonyl (C=O) groups is 1. The molecule has 0 amide bonds. The quantitative estimate of drug-likeness (QED) is 0.140. The van der Waals surface area contributed by atoms with Crippen LogP contribution in [0.3, 0.4) is 0 Å². The Labute approximate surface area is 186 Å². The van der Waals surface area contributed by atoms with Crippen LogP contribution in [0.15, 0.2) is 23.3 Å². The topological polar surface area (TPSA) is 175 Å². The standard InChI is InChI=1S/C21H34O11/c1-10(2)5-4-6-11(3)7-14(23)32-21-19(28)17(26)16(25)13(31-21)9-30-20-18(27)15(24)12(22)8-29-20/h5,7,12-13,15-22,24-28H,4,6,8-9H2,1-3H3/t12-,13+,15-,16+,17-,18+,19+,20-,21-/m0/s1.